The first kappa shape index (κ1) is 18.5. The number of alkyl halides is 6. The standard InChI is InChI=1S/C15H15F7/c1-13(2,8-7-12(16)15(20,21)22)9-10-3-5-11(6-4-10)14(17,18)19/h3-7H,8-9H2,1-2H3. The molecule has 0 fully saturated rings. The van der Waals surface area contributed by atoms with Gasteiger partial charge in [0, 0.05) is 0 Å². The van der Waals surface area contributed by atoms with Crippen molar-refractivity contribution in [2.45, 2.75) is 39.0 Å². The zero-order valence-corrected chi connectivity index (χ0v) is 11.9. The van der Waals surface area contributed by atoms with Gasteiger partial charge in [-0.25, -0.2) is 4.39 Å². The summed E-state index contributed by atoms with van der Waals surface area (Å²) in [4.78, 5) is 0. The van der Waals surface area contributed by atoms with Gasteiger partial charge in [-0.3, -0.25) is 0 Å². The van der Waals surface area contributed by atoms with Crippen LogP contribution >= 0.6 is 0 Å². The van der Waals surface area contributed by atoms with Gasteiger partial charge in [0.15, 0.2) is 5.83 Å². The quantitative estimate of drug-likeness (QED) is 0.588. The molecule has 0 aliphatic carbocycles. The third-order valence-electron chi connectivity index (χ3n) is 3.07. The van der Waals surface area contributed by atoms with E-state index in [9.17, 15) is 30.7 Å². The number of halogens is 7. The lowest BCUT2D eigenvalue weighted by atomic mass is 9.82. The summed E-state index contributed by atoms with van der Waals surface area (Å²) >= 11 is 0. The third-order valence-corrected chi connectivity index (χ3v) is 3.07. The van der Waals surface area contributed by atoms with Crippen molar-refractivity contribution in [2.75, 3.05) is 0 Å². The minimum atomic E-state index is -5.01. The van der Waals surface area contributed by atoms with Crippen LogP contribution in [-0.2, 0) is 12.6 Å². The molecular formula is C15H15F7. The number of benzene rings is 1. The predicted octanol–water partition coefficient (Wildman–Crippen LogP) is 6.08. The van der Waals surface area contributed by atoms with Gasteiger partial charge in [0.2, 0.25) is 0 Å². The molecule has 0 bridgehead atoms. The molecule has 124 valence electrons. The van der Waals surface area contributed by atoms with Crippen LogP contribution in [0.3, 0.4) is 0 Å². The SMILES string of the molecule is CC(C)(CC=C(F)C(F)(F)F)Cc1ccc(C(F)(F)F)cc1. The van der Waals surface area contributed by atoms with Gasteiger partial charge in [-0.15, -0.1) is 0 Å². The smallest absolute Gasteiger partial charge is 0.202 e. The van der Waals surface area contributed by atoms with Crippen molar-refractivity contribution in [2.24, 2.45) is 5.41 Å². The highest BCUT2D eigenvalue weighted by Gasteiger charge is 2.35. The normalized spacial score (nSPS) is 14.3. The van der Waals surface area contributed by atoms with Crippen molar-refractivity contribution in [3.05, 3.63) is 47.3 Å². The topological polar surface area (TPSA) is 0 Å². The van der Waals surface area contributed by atoms with Crippen LogP contribution in [0.2, 0.25) is 0 Å². The monoisotopic (exact) mass is 328 g/mol. The Morgan fingerprint density at radius 2 is 1.45 bits per heavy atom. The maximum atomic E-state index is 12.8. The molecule has 0 aliphatic heterocycles. The van der Waals surface area contributed by atoms with E-state index in [-0.39, 0.29) is 12.8 Å². The Morgan fingerprint density at radius 3 is 1.86 bits per heavy atom. The fourth-order valence-corrected chi connectivity index (χ4v) is 1.92. The van der Waals surface area contributed by atoms with Gasteiger partial charge < -0.3 is 0 Å². The summed E-state index contributed by atoms with van der Waals surface area (Å²) in [7, 11) is 0. The van der Waals surface area contributed by atoms with Gasteiger partial charge in [-0.2, -0.15) is 26.3 Å². The van der Waals surface area contributed by atoms with E-state index in [2.05, 4.69) is 0 Å². The van der Waals surface area contributed by atoms with Crippen LogP contribution in [0.5, 0.6) is 0 Å². The first-order valence-electron chi connectivity index (χ1n) is 6.40. The Bertz CT molecular complexity index is 518. The van der Waals surface area contributed by atoms with Gasteiger partial charge in [-0.1, -0.05) is 26.0 Å². The molecule has 0 saturated carbocycles. The van der Waals surface area contributed by atoms with E-state index in [0.29, 0.717) is 11.6 Å². The number of allylic oxidation sites excluding steroid dienone is 2. The molecule has 0 aromatic heterocycles. The van der Waals surface area contributed by atoms with Crippen molar-refractivity contribution in [3.8, 4) is 0 Å². The highest BCUT2D eigenvalue weighted by Crippen LogP contribution is 2.33. The van der Waals surface area contributed by atoms with Crippen molar-refractivity contribution in [1.29, 1.82) is 0 Å². The summed E-state index contributed by atoms with van der Waals surface area (Å²) in [6.07, 6.45) is -8.94. The second kappa shape index (κ2) is 6.30. The van der Waals surface area contributed by atoms with E-state index in [4.69, 9.17) is 0 Å². The molecule has 0 unspecified atom stereocenters. The van der Waals surface area contributed by atoms with Crippen molar-refractivity contribution >= 4 is 0 Å². The van der Waals surface area contributed by atoms with Gasteiger partial charge in [0.05, 0.1) is 5.56 Å². The molecule has 0 saturated heterocycles. The second-order valence-corrected chi connectivity index (χ2v) is 5.79. The van der Waals surface area contributed by atoms with Crippen LogP contribution in [0.4, 0.5) is 30.7 Å². The summed E-state index contributed by atoms with van der Waals surface area (Å²) in [5.41, 5.74) is -0.974. The average molecular weight is 328 g/mol. The van der Waals surface area contributed by atoms with E-state index in [0.717, 1.165) is 12.1 Å². The lowest BCUT2D eigenvalue weighted by Gasteiger charge is -2.23. The van der Waals surface area contributed by atoms with Gasteiger partial charge >= 0.3 is 12.4 Å². The van der Waals surface area contributed by atoms with Crippen LogP contribution in [-0.4, -0.2) is 6.18 Å². The molecule has 0 heterocycles. The van der Waals surface area contributed by atoms with Gasteiger partial charge in [0.1, 0.15) is 0 Å². The van der Waals surface area contributed by atoms with Crippen LogP contribution in [0.15, 0.2) is 36.2 Å². The van der Waals surface area contributed by atoms with Crippen LogP contribution in [0.1, 0.15) is 31.4 Å². The number of hydrogen-bond donors (Lipinski definition) is 0. The van der Waals surface area contributed by atoms with Crippen LogP contribution < -0.4 is 0 Å². The van der Waals surface area contributed by atoms with E-state index >= 15 is 0 Å². The number of hydrogen-bond acceptors (Lipinski definition) is 0. The molecule has 1 rings (SSSR count). The Balaban J connectivity index is 2.76. The Morgan fingerprint density at radius 1 is 0.955 bits per heavy atom. The van der Waals surface area contributed by atoms with E-state index < -0.39 is 29.2 Å². The summed E-state index contributed by atoms with van der Waals surface area (Å²) in [5.74, 6) is -2.16. The first-order valence-corrected chi connectivity index (χ1v) is 6.40. The Kier molecular flexibility index (Phi) is 5.30. The van der Waals surface area contributed by atoms with E-state index in [1.165, 1.54) is 12.1 Å². The van der Waals surface area contributed by atoms with Crippen molar-refractivity contribution in [3.63, 3.8) is 0 Å². The highest BCUT2D eigenvalue weighted by molar-refractivity contribution is 5.25. The Labute approximate surface area is 123 Å². The molecule has 1 aromatic rings. The van der Waals surface area contributed by atoms with Gasteiger partial charge in [0.25, 0.3) is 0 Å². The minimum Gasteiger partial charge on any atom is -0.202 e. The molecule has 0 atom stereocenters. The van der Waals surface area contributed by atoms with Gasteiger partial charge in [-0.05, 0) is 42.0 Å². The van der Waals surface area contributed by atoms with Crippen molar-refractivity contribution < 1.29 is 30.7 Å². The largest absolute Gasteiger partial charge is 0.442 e. The molecule has 7 heteroatoms. The maximum Gasteiger partial charge on any atom is 0.442 e. The molecule has 0 radical (unpaired) electrons. The zero-order chi connectivity index (χ0) is 17.2. The highest BCUT2D eigenvalue weighted by atomic mass is 19.4. The second-order valence-electron chi connectivity index (χ2n) is 5.79. The molecule has 0 spiro atoms. The fourth-order valence-electron chi connectivity index (χ4n) is 1.92. The molecule has 0 nitrogen and oxygen atoms in total. The lowest BCUT2D eigenvalue weighted by Crippen LogP contribution is -2.16. The van der Waals surface area contributed by atoms with Crippen LogP contribution in [0.25, 0.3) is 0 Å². The summed E-state index contributed by atoms with van der Waals surface area (Å²) in [5, 5.41) is 0. The molecule has 22 heavy (non-hydrogen) atoms. The van der Waals surface area contributed by atoms with E-state index in [1.807, 2.05) is 0 Å². The number of rotatable bonds is 4. The van der Waals surface area contributed by atoms with Crippen molar-refractivity contribution in [1.82, 2.24) is 0 Å². The predicted molar refractivity (Wildman–Crippen MR) is 68.8 cm³/mol. The minimum absolute atomic E-state index is 0.181. The Hall–Kier alpha value is -1.53. The first-order chi connectivity index (χ1) is 9.81. The van der Waals surface area contributed by atoms with Crippen LogP contribution in [0, 0.1) is 5.41 Å². The zero-order valence-electron chi connectivity index (χ0n) is 11.9. The molecule has 0 N–H and O–H groups in total. The molecular weight excluding hydrogens is 313 g/mol. The lowest BCUT2D eigenvalue weighted by molar-refractivity contribution is -0.137. The fraction of sp³-hybridized carbons (Fsp3) is 0.467. The maximum absolute atomic E-state index is 12.8. The third kappa shape index (κ3) is 5.69. The molecule has 1 aromatic carbocycles. The summed E-state index contributed by atoms with van der Waals surface area (Å²) < 4.78 is 86.2. The summed E-state index contributed by atoms with van der Waals surface area (Å²) in [6, 6.07) is 4.37. The molecule has 0 amide bonds. The molecule has 0 aliphatic rings. The van der Waals surface area contributed by atoms with E-state index in [1.54, 1.807) is 13.8 Å². The summed E-state index contributed by atoms with van der Waals surface area (Å²) in [6.45, 7) is 3.23. The average Bonchev–Trinajstić information content (AvgIpc) is 2.34.